The molecule has 0 saturated heterocycles. The molecule has 2 rings (SSSR count). The second kappa shape index (κ2) is 6.09. The van der Waals surface area contributed by atoms with E-state index in [4.69, 9.17) is 28.3 Å². The SMILES string of the molecule is CC[n+]1c(C(=N)C(=C=[N-])C#N)n(-c2ccccc2)[nH]c1=S. The van der Waals surface area contributed by atoms with Gasteiger partial charge in [0.25, 0.3) is 5.82 Å². The van der Waals surface area contributed by atoms with E-state index in [1.807, 2.05) is 37.3 Å². The number of hydrogen-bond acceptors (Lipinski definition) is 3. The van der Waals surface area contributed by atoms with Gasteiger partial charge in [0.1, 0.15) is 17.3 Å². The maximum absolute atomic E-state index is 8.98. The van der Waals surface area contributed by atoms with Crippen molar-refractivity contribution in [3.8, 4) is 11.8 Å². The van der Waals surface area contributed by atoms with Crippen LogP contribution in [0.3, 0.4) is 0 Å². The van der Waals surface area contributed by atoms with Crippen molar-refractivity contribution in [3.05, 3.63) is 51.9 Å². The standard InChI is InChI=1S/C14H12N6S/c1-2-19-13(12(17)10(8-15)9-16)20(18-14(19)21)11-6-4-3-5-7-11/h3-7,17H,2H2,1H3,(H,18,21). The van der Waals surface area contributed by atoms with Crippen molar-refractivity contribution in [3.63, 3.8) is 0 Å². The summed E-state index contributed by atoms with van der Waals surface area (Å²) in [4.78, 5) is 0. The predicted molar refractivity (Wildman–Crippen MR) is 81.1 cm³/mol. The molecule has 21 heavy (non-hydrogen) atoms. The van der Waals surface area contributed by atoms with Crippen LogP contribution in [0.25, 0.3) is 11.1 Å². The van der Waals surface area contributed by atoms with Crippen molar-refractivity contribution in [2.75, 3.05) is 0 Å². The molecule has 1 aromatic heterocycles. The third-order valence-electron chi connectivity index (χ3n) is 2.95. The number of benzene rings is 1. The van der Waals surface area contributed by atoms with Crippen molar-refractivity contribution >= 4 is 23.8 Å². The van der Waals surface area contributed by atoms with Gasteiger partial charge >= 0.3 is 4.77 Å². The van der Waals surface area contributed by atoms with Crippen LogP contribution < -0.4 is 4.57 Å². The summed E-state index contributed by atoms with van der Waals surface area (Å²) < 4.78 is 3.72. The van der Waals surface area contributed by atoms with E-state index in [2.05, 4.69) is 5.10 Å². The molecule has 0 radical (unpaired) electrons. The Morgan fingerprint density at radius 1 is 1.48 bits per heavy atom. The Bertz CT molecular complexity index is 831. The first-order chi connectivity index (χ1) is 10.1. The van der Waals surface area contributed by atoms with Gasteiger partial charge in [-0.1, -0.05) is 18.2 Å². The van der Waals surface area contributed by atoms with Crippen LogP contribution in [0, 0.1) is 21.5 Å². The van der Waals surface area contributed by atoms with Gasteiger partial charge in [-0.05, 0) is 31.3 Å². The van der Waals surface area contributed by atoms with Crippen LogP contribution in [0.5, 0.6) is 0 Å². The number of aromatic nitrogens is 3. The number of nitriles is 1. The van der Waals surface area contributed by atoms with Crippen LogP contribution in [0.4, 0.5) is 0 Å². The summed E-state index contributed by atoms with van der Waals surface area (Å²) in [6, 6.07) is 11.0. The fraction of sp³-hybridized carbons (Fsp3) is 0.143. The lowest BCUT2D eigenvalue weighted by Crippen LogP contribution is -2.40. The maximum atomic E-state index is 8.98. The summed E-state index contributed by atoms with van der Waals surface area (Å²) in [5.74, 6) is 2.13. The highest BCUT2D eigenvalue weighted by molar-refractivity contribution is 7.71. The summed E-state index contributed by atoms with van der Waals surface area (Å²) >= 11 is 5.25. The molecule has 0 atom stereocenters. The molecule has 6 nitrogen and oxygen atoms in total. The highest BCUT2D eigenvalue weighted by atomic mass is 32.1. The number of rotatable bonds is 4. The first-order valence-corrected chi connectivity index (χ1v) is 6.61. The Morgan fingerprint density at radius 3 is 2.67 bits per heavy atom. The molecule has 0 spiro atoms. The quantitative estimate of drug-likeness (QED) is 0.390. The molecule has 2 aromatic rings. The predicted octanol–water partition coefficient (Wildman–Crippen LogP) is 1.90. The molecule has 1 aromatic carbocycles. The van der Waals surface area contributed by atoms with Gasteiger partial charge in [0.15, 0.2) is 5.71 Å². The minimum Gasteiger partial charge on any atom is -0.762 e. The van der Waals surface area contributed by atoms with Gasteiger partial charge in [0.2, 0.25) is 0 Å². The first-order valence-electron chi connectivity index (χ1n) is 6.20. The first kappa shape index (κ1) is 14.6. The molecule has 0 saturated carbocycles. The zero-order valence-electron chi connectivity index (χ0n) is 11.3. The van der Waals surface area contributed by atoms with Gasteiger partial charge in [-0.15, -0.1) is 9.78 Å². The number of allylic oxidation sites excluding steroid dienone is 1. The van der Waals surface area contributed by atoms with Crippen LogP contribution >= 0.6 is 12.2 Å². The van der Waals surface area contributed by atoms with E-state index in [0.717, 1.165) is 5.69 Å². The van der Waals surface area contributed by atoms with Gasteiger partial charge in [0.05, 0.1) is 6.54 Å². The number of para-hydroxylation sites is 1. The number of nitrogens with one attached hydrogen (secondary N) is 2. The van der Waals surface area contributed by atoms with Crippen LogP contribution in [0.1, 0.15) is 12.7 Å². The second-order valence-corrected chi connectivity index (χ2v) is 4.52. The van der Waals surface area contributed by atoms with Crippen LogP contribution in [0.2, 0.25) is 0 Å². The maximum Gasteiger partial charge on any atom is 0.324 e. The Hall–Kier alpha value is -2.81. The van der Waals surface area contributed by atoms with Gasteiger partial charge in [0, 0.05) is 0 Å². The van der Waals surface area contributed by atoms with E-state index in [1.165, 1.54) is 0 Å². The molecule has 0 bridgehead atoms. The average Bonchev–Trinajstić information content (AvgIpc) is 2.85. The van der Waals surface area contributed by atoms with Crippen molar-refractivity contribution in [1.29, 1.82) is 10.7 Å². The Labute approximate surface area is 126 Å². The zero-order valence-corrected chi connectivity index (χ0v) is 12.1. The normalized spacial score (nSPS) is 9.71. The van der Waals surface area contributed by atoms with Gasteiger partial charge < -0.3 is 5.41 Å². The fourth-order valence-electron chi connectivity index (χ4n) is 1.98. The molecule has 1 heterocycles. The van der Waals surface area contributed by atoms with Crippen LogP contribution in [0.15, 0.2) is 35.9 Å². The van der Waals surface area contributed by atoms with E-state index in [0.29, 0.717) is 17.1 Å². The van der Waals surface area contributed by atoms with E-state index in [9.17, 15) is 0 Å². The summed E-state index contributed by atoms with van der Waals surface area (Å²) in [6.07, 6.45) is 0. The summed E-state index contributed by atoms with van der Waals surface area (Å²) in [5, 5.41) is 29.1. The number of nitrogens with zero attached hydrogens (tertiary/aromatic N) is 4. The molecule has 0 amide bonds. The minimum absolute atomic E-state index is 0.155. The summed E-state index contributed by atoms with van der Waals surface area (Å²) in [6.45, 7) is 2.41. The van der Waals surface area contributed by atoms with Crippen molar-refractivity contribution in [2.45, 2.75) is 13.5 Å². The van der Waals surface area contributed by atoms with E-state index < -0.39 is 0 Å². The zero-order chi connectivity index (χ0) is 15.4. The van der Waals surface area contributed by atoms with Crippen molar-refractivity contribution in [2.24, 2.45) is 0 Å². The largest absolute Gasteiger partial charge is 0.762 e. The van der Waals surface area contributed by atoms with E-state index in [1.54, 1.807) is 21.2 Å². The van der Waals surface area contributed by atoms with Crippen LogP contribution in [-0.4, -0.2) is 21.4 Å². The van der Waals surface area contributed by atoms with Gasteiger partial charge in [-0.3, -0.25) is 5.41 Å². The molecule has 2 N–H and O–H groups in total. The lowest BCUT2D eigenvalue weighted by molar-refractivity contribution is -0.701. The second-order valence-electron chi connectivity index (χ2n) is 4.13. The molecular weight excluding hydrogens is 284 g/mol. The molecule has 0 fully saturated rings. The molecule has 104 valence electrons. The van der Waals surface area contributed by atoms with Gasteiger partial charge in [-0.25, -0.2) is 10.4 Å². The molecule has 7 heteroatoms. The van der Waals surface area contributed by atoms with Gasteiger partial charge in [-0.2, -0.15) is 5.26 Å². The minimum atomic E-state index is -0.254. The third kappa shape index (κ3) is 2.58. The third-order valence-corrected chi connectivity index (χ3v) is 3.26. The molecule has 0 aliphatic heterocycles. The smallest absolute Gasteiger partial charge is 0.324 e. The molecule has 0 aliphatic rings. The van der Waals surface area contributed by atoms with Crippen LogP contribution in [-0.2, 0) is 6.54 Å². The lowest BCUT2D eigenvalue weighted by atomic mass is 10.2. The average molecular weight is 296 g/mol. The Morgan fingerprint density at radius 2 is 2.14 bits per heavy atom. The molecule has 0 aliphatic carbocycles. The monoisotopic (exact) mass is 296 g/mol. The highest BCUT2D eigenvalue weighted by Gasteiger charge is 2.25. The Kier molecular flexibility index (Phi) is 4.24. The van der Waals surface area contributed by atoms with E-state index in [-0.39, 0.29) is 11.3 Å². The van der Waals surface area contributed by atoms with Crippen molar-refractivity contribution in [1.82, 2.24) is 9.78 Å². The van der Waals surface area contributed by atoms with Crippen molar-refractivity contribution < 1.29 is 4.57 Å². The summed E-state index contributed by atoms with van der Waals surface area (Å²) in [5.41, 5.74) is 0.361. The number of hydrogen-bond donors (Lipinski definition) is 2. The topological polar surface area (TPSA) is 94.5 Å². The molecular formula is C14H12N6S. The highest BCUT2D eigenvalue weighted by Crippen LogP contribution is 2.10. The van der Waals surface area contributed by atoms with E-state index >= 15 is 0 Å². The number of H-pyrrole nitrogens is 1. The lowest BCUT2D eigenvalue weighted by Gasteiger charge is -2.03. The number of aromatic amines is 1. The summed E-state index contributed by atoms with van der Waals surface area (Å²) in [7, 11) is 0. The fourth-order valence-corrected chi connectivity index (χ4v) is 2.29. The Balaban J connectivity index is 2.75. The molecule has 0 unspecified atom stereocenters.